The molecule has 0 saturated heterocycles. The van der Waals surface area contributed by atoms with Crippen molar-refractivity contribution in [2.45, 2.75) is 14.7 Å². The van der Waals surface area contributed by atoms with Gasteiger partial charge in [0.15, 0.2) is 0 Å². The van der Waals surface area contributed by atoms with Crippen LogP contribution in [0.5, 0.6) is 0 Å². The van der Waals surface area contributed by atoms with E-state index in [-0.39, 0.29) is 63.6 Å². The summed E-state index contributed by atoms with van der Waals surface area (Å²) in [5, 5.41) is -0.430. The first-order valence-electron chi connectivity index (χ1n) is 5.31. The average Bonchev–Trinajstić information content (AvgIpc) is 2.33. The molecule has 2 aromatic carbocycles. The second-order valence-corrected chi connectivity index (χ2v) is 8.37. The second kappa shape index (κ2) is 6.76. The summed E-state index contributed by atoms with van der Waals surface area (Å²) >= 11 is 0. The van der Waals surface area contributed by atoms with Gasteiger partial charge in [0.2, 0.25) is 0 Å². The van der Waals surface area contributed by atoms with Gasteiger partial charge in [-0.05, 0) is 23.6 Å². The van der Waals surface area contributed by atoms with Crippen molar-refractivity contribution in [2.75, 3.05) is 0 Å². The quantitative estimate of drug-likeness (QED) is 0.374. The van der Waals surface area contributed by atoms with Crippen molar-refractivity contribution >= 4 is 41.1 Å². The number of benzene rings is 2. The Kier molecular flexibility index (Phi) is 6.20. The molecular weight excluding hydrogens is 399 g/mol. The van der Waals surface area contributed by atoms with Crippen molar-refractivity contribution in [2.24, 2.45) is 0 Å². The van der Waals surface area contributed by atoms with Gasteiger partial charge in [-0.1, -0.05) is 12.1 Å². The maximum Gasteiger partial charge on any atom is 1.00 e. The number of fused-ring (bicyclic) bond motifs is 1. The molecule has 23 heavy (non-hydrogen) atoms. The first-order chi connectivity index (χ1) is 9.82. The fraction of sp³-hybridized carbons (Fsp3) is 0. The monoisotopic (exact) mass is 408 g/mol. The Morgan fingerprint density at radius 3 is 1.74 bits per heavy atom. The molecule has 0 aliphatic carbocycles. The van der Waals surface area contributed by atoms with Gasteiger partial charge in [-0.25, -0.2) is 0 Å². The zero-order chi connectivity index (χ0) is 16.9. The van der Waals surface area contributed by atoms with Gasteiger partial charge in [0.1, 0.15) is 9.79 Å². The molecule has 13 heteroatoms. The van der Waals surface area contributed by atoms with Crippen LogP contribution in [0.3, 0.4) is 0 Å². The topological polar surface area (TPSA) is 163 Å². The zero-order valence-electron chi connectivity index (χ0n) is 12.4. The SMILES string of the molecule is O=S(=O)(O)c1ccc2c(S(=O)(=O)O)c(S(=O)(=O)O)ccc2c1.[H-].[K+]. The van der Waals surface area contributed by atoms with Crippen molar-refractivity contribution in [3.05, 3.63) is 30.3 Å². The van der Waals surface area contributed by atoms with Gasteiger partial charge in [-0.15, -0.1) is 0 Å². The van der Waals surface area contributed by atoms with Crippen LogP contribution in [0.25, 0.3) is 10.8 Å². The van der Waals surface area contributed by atoms with Crippen molar-refractivity contribution in [1.29, 1.82) is 0 Å². The fourth-order valence-corrected chi connectivity index (χ4v) is 4.41. The molecule has 0 bridgehead atoms. The van der Waals surface area contributed by atoms with Crippen LogP contribution in [0, 0.1) is 0 Å². The summed E-state index contributed by atoms with van der Waals surface area (Å²) in [4.78, 5) is -2.70. The molecule has 0 heterocycles. The Bertz CT molecular complexity index is 1090. The van der Waals surface area contributed by atoms with E-state index in [0.29, 0.717) is 6.07 Å². The van der Waals surface area contributed by atoms with Gasteiger partial charge < -0.3 is 1.43 Å². The minimum Gasteiger partial charge on any atom is -1.00 e. The fourth-order valence-electron chi connectivity index (χ4n) is 1.89. The van der Waals surface area contributed by atoms with E-state index in [2.05, 4.69) is 0 Å². The van der Waals surface area contributed by atoms with Crippen molar-refractivity contribution in [3.63, 3.8) is 0 Å². The number of hydrogen-bond donors (Lipinski definition) is 3. The van der Waals surface area contributed by atoms with Gasteiger partial charge in [0.05, 0.1) is 4.90 Å². The molecule has 0 radical (unpaired) electrons. The Hall–Kier alpha value is 0.0664. The van der Waals surface area contributed by atoms with Crippen LogP contribution in [-0.2, 0) is 30.4 Å². The van der Waals surface area contributed by atoms with Gasteiger partial charge >= 0.3 is 51.4 Å². The van der Waals surface area contributed by atoms with E-state index >= 15 is 0 Å². The molecule has 0 spiro atoms. The number of hydrogen-bond acceptors (Lipinski definition) is 6. The van der Waals surface area contributed by atoms with Crippen LogP contribution < -0.4 is 51.4 Å². The molecule has 0 aliphatic heterocycles. The zero-order valence-corrected chi connectivity index (χ0v) is 17.0. The molecule has 0 atom stereocenters. The third-order valence-electron chi connectivity index (χ3n) is 2.74. The Labute approximate surface area is 175 Å². The summed E-state index contributed by atoms with van der Waals surface area (Å²) in [6.45, 7) is 0. The third kappa shape index (κ3) is 4.58. The molecule has 0 amide bonds. The van der Waals surface area contributed by atoms with Crippen molar-refractivity contribution in [1.82, 2.24) is 0 Å². The summed E-state index contributed by atoms with van der Waals surface area (Å²) < 4.78 is 94.5. The van der Waals surface area contributed by atoms with Crippen molar-refractivity contribution in [3.8, 4) is 0 Å². The summed E-state index contributed by atoms with van der Waals surface area (Å²) in [6, 6.07) is 4.29. The maximum atomic E-state index is 11.4. The summed E-state index contributed by atoms with van der Waals surface area (Å²) in [7, 11) is -14.6. The van der Waals surface area contributed by atoms with E-state index in [1.807, 2.05) is 0 Å². The van der Waals surface area contributed by atoms with Crippen molar-refractivity contribution < 1.29 is 91.7 Å². The summed E-state index contributed by atoms with van der Waals surface area (Å²) in [5.41, 5.74) is 0. The smallest absolute Gasteiger partial charge is 1.00 e. The van der Waals surface area contributed by atoms with Gasteiger partial charge in [-0.2, -0.15) is 25.3 Å². The average molecular weight is 408 g/mol. The van der Waals surface area contributed by atoms with Crippen LogP contribution in [0.15, 0.2) is 45.0 Å². The molecule has 3 N–H and O–H groups in total. The molecule has 2 aromatic rings. The Morgan fingerprint density at radius 2 is 1.30 bits per heavy atom. The summed E-state index contributed by atoms with van der Waals surface area (Å²) in [5.74, 6) is 0. The van der Waals surface area contributed by atoms with Crippen LogP contribution >= 0.6 is 0 Å². The Balaban J connectivity index is 0.00000264. The normalized spacial score (nSPS) is 12.8. The Morgan fingerprint density at radius 1 is 0.739 bits per heavy atom. The maximum absolute atomic E-state index is 11.4. The second-order valence-electron chi connectivity index (χ2n) is 4.20. The van der Waals surface area contributed by atoms with E-state index in [9.17, 15) is 29.8 Å². The molecule has 0 aliphatic rings. The van der Waals surface area contributed by atoms with Crippen LogP contribution in [-0.4, -0.2) is 38.9 Å². The van der Waals surface area contributed by atoms with E-state index in [1.54, 1.807) is 0 Å². The van der Waals surface area contributed by atoms with Gasteiger partial charge in [0, 0.05) is 5.39 Å². The summed E-state index contributed by atoms with van der Waals surface area (Å²) in [6.07, 6.45) is 0. The third-order valence-corrected chi connectivity index (χ3v) is 5.57. The molecule has 9 nitrogen and oxygen atoms in total. The molecular formula is C10H9KO9S3. The molecule has 0 saturated carbocycles. The molecule has 0 unspecified atom stereocenters. The van der Waals surface area contributed by atoms with Crippen LogP contribution in [0.4, 0.5) is 0 Å². The molecule has 2 rings (SSSR count). The van der Waals surface area contributed by atoms with Gasteiger partial charge in [-0.3, -0.25) is 13.7 Å². The van der Waals surface area contributed by atoms with Crippen LogP contribution in [0.2, 0.25) is 0 Å². The number of rotatable bonds is 3. The molecule has 0 fully saturated rings. The molecule has 122 valence electrons. The minimum absolute atomic E-state index is 0. The van der Waals surface area contributed by atoms with Crippen LogP contribution in [0.1, 0.15) is 1.43 Å². The largest absolute Gasteiger partial charge is 1.00 e. The minimum atomic E-state index is -5.04. The van der Waals surface area contributed by atoms with E-state index in [4.69, 9.17) is 9.11 Å². The van der Waals surface area contributed by atoms with Gasteiger partial charge in [0.25, 0.3) is 30.4 Å². The standard InChI is InChI=1S/C10H8O9S3.K.H/c11-20(12,13)7-2-3-8-6(5-7)1-4-9(21(14,15)16)10(8)22(17,18)19;;/h1-5H,(H,11,12,13)(H,14,15,16)(H,17,18,19);;/q;+1;-1. The predicted molar refractivity (Wildman–Crippen MR) is 74.5 cm³/mol. The predicted octanol–water partition coefficient (Wildman–Crippen LogP) is -2.30. The first-order valence-corrected chi connectivity index (χ1v) is 9.63. The molecule has 0 aromatic heterocycles. The van der Waals surface area contributed by atoms with E-state index in [1.165, 1.54) is 0 Å². The van der Waals surface area contributed by atoms with E-state index in [0.717, 1.165) is 24.3 Å². The van der Waals surface area contributed by atoms with E-state index < -0.39 is 45.0 Å². The first kappa shape index (κ1) is 21.1.